The molecule has 3 rings (SSSR count). The van der Waals surface area contributed by atoms with Gasteiger partial charge in [-0.3, -0.25) is 4.57 Å². The van der Waals surface area contributed by atoms with Crippen LogP contribution in [-0.2, 0) is 5.75 Å². The Kier molecular flexibility index (Phi) is 6.93. The molecular weight excluding hydrogens is 382 g/mol. The number of nitrogens with one attached hydrogen (secondary N) is 2. The predicted octanol–water partition coefficient (Wildman–Crippen LogP) is 4.56. The fourth-order valence-corrected chi connectivity index (χ4v) is 4.01. The highest BCUT2D eigenvalue weighted by Crippen LogP contribution is 2.28. The number of amides is 2. The number of aromatic nitrogens is 3. The molecule has 7 heteroatoms. The Morgan fingerprint density at radius 3 is 2.52 bits per heavy atom. The highest BCUT2D eigenvalue weighted by molar-refractivity contribution is 7.98. The van der Waals surface area contributed by atoms with Crippen molar-refractivity contribution in [1.82, 2.24) is 25.4 Å². The molecule has 6 nitrogen and oxygen atoms in total. The van der Waals surface area contributed by atoms with Crippen LogP contribution in [0.1, 0.15) is 42.4 Å². The Balaban J connectivity index is 1.91. The highest BCUT2D eigenvalue weighted by atomic mass is 32.2. The van der Waals surface area contributed by atoms with Crippen LogP contribution in [0.2, 0.25) is 0 Å². The minimum absolute atomic E-state index is 0.215. The molecule has 0 spiro atoms. The zero-order chi connectivity index (χ0) is 20.8. The van der Waals surface area contributed by atoms with Gasteiger partial charge < -0.3 is 10.6 Å². The first kappa shape index (κ1) is 20.9. The third-order valence-corrected chi connectivity index (χ3v) is 5.62. The minimum Gasteiger partial charge on any atom is -0.338 e. The molecule has 2 amide bonds. The first-order chi connectivity index (χ1) is 14.0. The van der Waals surface area contributed by atoms with Crippen molar-refractivity contribution in [2.45, 2.75) is 44.6 Å². The second kappa shape index (κ2) is 9.60. The molecule has 0 aliphatic carbocycles. The Morgan fingerprint density at radius 1 is 1.10 bits per heavy atom. The Morgan fingerprint density at radius 2 is 1.83 bits per heavy atom. The van der Waals surface area contributed by atoms with E-state index in [1.807, 2.05) is 24.5 Å². The van der Waals surface area contributed by atoms with Gasteiger partial charge in [-0.1, -0.05) is 53.7 Å². The first-order valence-corrected chi connectivity index (χ1v) is 10.7. The lowest BCUT2D eigenvalue weighted by molar-refractivity contribution is 0.238. The molecule has 0 aliphatic heterocycles. The summed E-state index contributed by atoms with van der Waals surface area (Å²) in [7, 11) is 0. The number of carbonyl (C=O) groups excluding carboxylic acids is 1. The molecule has 1 unspecified atom stereocenters. The normalized spacial score (nSPS) is 11.9. The lowest BCUT2D eigenvalue weighted by Crippen LogP contribution is -2.37. The number of benzene rings is 2. The highest BCUT2D eigenvalue weighted by Gasteiger charge is 2.21. The van der Waals surface area contributed by atoms with Crippen molar-refractivity contribution in [3.63, 3.8) is 0 Å². The number of rotatable bonds is 7. The quantitative estimate of drug-likeness (QED) is 0.561. The van der Waals surface area contributed by atoms with Gasteiger partial charge in [0, 0.05) is 18.0 Å². The molecule has 2 aromatic carbocycles. The number of nitrogens with zero attached hydrogens (tertiary/aromatic N) is 3. The van der Waals surface area contributed by atoms with Crippen molar-refractivity contribution < 1.29 is 4.79 Å². The molecule has 0 aliphatic rings. The van der Waals surface area contributed by atoms with Crippen LogP contribution in [0, 0.1) is 13.8 Å². The van der Waals surface area contributed by atoms with Gasteiger partial charge in [0.25, 0.3) is 0 Å². The summed E-state index contributed by atoms with van der Waals surface area (Å²) in [6.45, 7) is 8.55. The van der Waals surface area contributed by atoms with E-state index in [0.29, 0.717) is 12.4 Å². The van der Waals surface area contributed by atoms with Gasteiger partial charge in [-0.25, -0.2) is 4.79 Å². The zero-order valence-electron chi connectivity index (χ0n) is 17.3. The average Bonchev–Trinajstić information content (AvgIpc) is 3.12. The van der Waals surface area contributed by atoms with Crippen LogP contribution in [0.5, 0.6) is 0 Å². The largest absolute Gasteiger partial charge is 0.338 e. The molecule has 2 N–H and O–H groups in total. The average molecular weight is 410 g/mol. The van der Waals surface area contributed by atoms with Crippen LogP contribution in [0.15, 0.2) is 53.7 Å². The van der Waals surface area contributed by atoms with Crippen LogP contribution in [0.25, 0.3) is 5.69 Å². The summed E-state index contributed by atoms with van der Waals surface area (Å²) in [5.74, 6) is 1.50. The lowest BCUT2D eigenvalue weighted by Gasteiger charge is -2.16. The summed E-state index contributed by atoms with van der Waals surface area (Å²) >= 11 is 1.64. The van der Waals surface area contributed by atoms with Crippen LogP contribution in [0.4, 0.5) is 4.79 Å². The SMILES string of the molecule is CCNC(=O)NC(C)c1nnc(SCc2ccccc2C)n1-c1ccc(C)cc1. The van der Waals surface area contributed by atoms with E-state index in [1.165, 1.54) is 16.7 Å². The van der Waals surface area contributed by atoms with E-state index in [0.717, 1.165) is 16.6 Å². The van der Waals surface area contributed by atoms with Gasteiger partial charge in [-0.2, -0.15) is 0 Å². The van der Waals surface area contributed by atoms with Gasteiger partial charge in [-0.15, -0.1) is 10.2 Å². The summed E-state index contributed by atoms with van der Waals surface area (Å²) in [5, 5.41) is 15.3. The third-order valence-electron chi connectivity index (χ3n) is 4.64. The van der Waals surface area contributed by atoms with Crippen molar-refractivity contribution in [1.29, 1.82) is 0 Å². The maximum Gasteiger partial charge on any atom is 0.315 e. The van der Waals surface area contributed by atoms with Crippen LogP contribution < -0.4 is 10.6 Å². The van der Waals surface area contributed by atoms with E-state index in [2.05, 4.69) is 77.1 Å². The number of carbonyl (C=O) groups is 1. The van der Waals surface area contributed by atoms with E-state index in [-0.39, 0.29) is 12.1 Å². The first-order valence-electron chi connectivity index (χ1n) is 9.73. The van der Waals surface area contributed by atoms with Gasteiger partial charge in [0.1, 0.15) is 0 Å². The third kappa shape index (κ3) is 5.17. The smallest absolute Gasteiger partial charge is 0.315 e. The Labute approximate surface area is 176 Å². The van der Waals surface area contributed by atoms with E-state index in [9.17, 15) is 4.79 Å². The maximum absolute atomic E-state index is 12.0. The zero-order valence-corrected chi connectivity index (χ0v) is 18.1. The molecule has 0 bridgehead atoms. The number of hydrogen-bond donors (Lipinski definition) is 2. The number of aryl methyl sites for hydroxylation is 2. The van der Waals surface area contributed by atoms with E-state index in [1.54, 1.807) is 11.8 Å². The Hall–Kier alpha value is -2.80. The van der Waals surface area contributed by atoms with E-state index in [4.69, 9.17) is 0 Å². The monoisotopic (exact) mass is 409 g/mol. The van der Waals surface area contributed by atoms with Gasteiger partial charge in [0.15, 0.2) is 11.0 Å². The molecule has 0 fully saturated rings. The Bertz CT molecular complexity index is 968. The van der Waals surface area contributed by atoms with Gasteiger partial charge >= 0.3 is 6.03 Å². The topological polar surface area (TPSA) is 71.8 Å². The lowest BCUT2D eigenvalue weighted by atomic mass is 10.1. The molecule has 29 heavy (non-hydrogen) atoms. The summed E-state index contributed by atoms with van der Waals surface area (Å²) in [6, 6.07) is 16.1. The van der Waals surface area contributed by atoms with Crippen molar-refractivity contribution in [3.8, 4) is 5.69 Å². The van der Waals surface area contributed by atoms with Gasteiger partial charge in [-0.05, 0) is 51.0 Å². The van der Waals surface area contributed by atoms with Crippen molar-refractivity contribution >= 4 is 17.8 Å². The summed E-state index contributed by atoms with van der Waals surface area (Å²) in [5.41, 5.74) is 4.69. The molecule has 0 radical (unpaired) electrons. The van der Waals surface area contributed by atoms with Crippen molar-refractivity contribution in [2.24, 2.45) is 0 Å². The van der Waals surface area contributed by atoms with Crippen LogP contribution in [0.3, 0.4) is 0 Å². The second-order valence-electron chi connectivity index (χ2n) is 6.95. The van der Waals surface area contributed by atoms with Crippen LogP contribution >= 0.6 is 11.8 Å². The van der Waals surface area contributed by atoms with Crippen LogP contribution in [-0.4, -0.2) is 27.3 Å². The van der Waals surface area contributed by atoms with Crippen molar-refractivity contribution in [2.75, 3.05) is 6.54 Å². The summed E-state index contributed by atoms with van der Waals surface area (Å²) in [6.07, 6.45) is 0. The minimum atomic E-state index is -0.289. The summed E-state index contributed by atoms with van der Waals surface area (Å²) < 4.78 is 2.03. The number of thioether (sulfide) groups is 1. The van der Waals surface area contributed by atoms with Gasteiger partial charge in [0.2, 0.25) is 0 Å². The van der Waals surface area contributed by atoms with E-state index < -0.39 is 0 Å². The summed E-state index contributed by atoms with van der Waals surface area (Å²) in [4.78, 5) is 12.0. The molecule has 1 aromatic heterocycles. The standard InChI is InChI=1S/C22H27N5OS/c1-5-23-21(28)24-17(4)20-25-26-22(27(20)19-12-10-15(2)11-13-19)29-14-18-9-7-6-8-16(18)3/h6-13,17H,5,14H2,1-4H3,(H2,23,24,28). The van der Waals surface area contributed by atoms with Gasteiger partial charge in [0.05, 0.1) is 6.04 Å². The molecule has 152 valence electrons. The maximum atomic E-state index is 12.0. The second-order valence-corrected chi connectivity index (χ2v) is 7.89. The predicted molar refractivity (Wildman–Crippen MR) is 117 cm³/mol. The molecule has 3 aromatic rings. The fraction of sp³-hybridized carbons (Fsp3) is 0.318. The molecule has 0 saturated carbocycles. The molecule has 1 atom stereocenters. The fourth-order valence-electron chi connectivity index (χ4n) is 2.98. The molecule has 1 heterocycles. The van der Waals surface area contributed by atoms with E-state index >= 15 is 0 Å². The number of hydrogen-bond acceptors (Lipinski definition) is 4. The molecular formula is C22H27N5OS. The molecule has 0 saturated heterocycles. The number of urea groups is 1. The van der Waals surface area contributed by atoms with Crippen molar-refractivity contribution in [3.05, 3.63) is 71.0 Å².